The zero-order valence-electron chi connectivity index (χ0n) is 15.8. The number of rotatable bonds is 4. The molecule has 142 valence electrons. The van der Waals surface area contributed by atoms with Gasteiger partial charge < -0.3 is 15.0 Å². The second kappa shape index (κ2) is 7.53. The van der Waals surface area contributed by atoms with Gasteiger partial charge in [-0.05, 0) is 30.9 Å². The van der Waals surface area contributed by atoms with E-state index in [1.807, 2.05) is 13.1 Å². The lowest BCUT2D eigenvalue weighted by atomic mass is 9.79. The summed E-state index contributed by atoms with van der Waals surface area (Å²) in [6.45, 7) is 5.23. The van der Waals surface area contributed by atoms with Gasteiger partial charge in [0.25, 0.3) is 5.91 Å². The number of carbonyl (C=O) groups is 1. The van der Waals surface area contributed by atoms with Gasteiger partial charge in [0.05, 0.1) is 13.2 Å². The van der Waals surface area contributed by atoms with Gasteiger partial charge in [-0.3, -0.25) is 9.69 Å². The van der Waals surface area contributed by atoms with Gasteiger partial charge in [0.2, 0.25) is 0 Å². The van der Waals surface area contributed by atoms with Gasteiger partial charge in [-0.1, -0.05) is 25.3 Å². The van der Waals surface area contributed by atoms with Crippen molar-refractivity contribution in [3.8, 4) is 0 Å². The fraction of sp³-hybridized carbons (Fsp3) is 0.700. The first-order chi connectivity index (χ1) is 12.7. The molecule has 6 heteroatoms. The molecule has 6 nitrogen and oxygen atoms in total. The van der Waals surface area contributed by atoms with Crippen LogP contribution in [0.4, 0.5) is 5.82 Å². The van der Waals surface area contributed by atoms with Crippen LogP contribution in [0.25, 0.3) is 0 Å². The van der Waals surface area contributed by atoms with Crippen molar-refractivity contribution in [2.75, 3.05) is 51.3 Å². The Bertz CT molecular complexity index is 651. The highest BCUT2D eigenvalue weighted by Gasteiger charge is 2.39. The molecule has 0 aromatic carbocycles. The standard InChI is InChI=1S/C20H30N4O2/c1-23-10-7-16-5-6-17(22-18(16)23)19(25)21-15-20(8-3-2-4-9-20)24-11-13-26-14-12-24/h5-6H,2-4,7-15H2,1H3,(H,21,25). The maximum absolute atomic E-state index is 12.8. The highest BCUT2D eigenvalue weighted by molar-refractivity contribution is 5.93. The molecule has 2 fully saturated rings. The molecule has 1 aliphatic carbocycles. The van der Waals surface area contributed by atoms with Crippen LogP contribution in [-0.2, 0) is 11.2 Å². The van der Waals surface area contributed by atoms with E-state index in [2.05, 4.69) is 26.2 Å². The number of fused-ring (bicyclic) bond motifs is 1. The molecule has 0 spiro atoms. The SMILES string of the molecule is CN1CCc2ccc(C(=O)NCC3(N4CCOCC4)CCCCC3)nc21. The molecule has 0 radical (unpaired) electrons. The molecule has 4 rings (SSSR count). The van der Waals surface area contributed by atoms with Gasteiger partial charge in [-0.25, -0.2) is 4.98 Å². The van der Waals surface area contributed by atoms with Crippen LogP contribution in [-0.4, -0.2) is 67.8 Å². The van der Waals surface area contributed by atoms with Crippen molar-refractivity contribution in [1.29, 1.82) is 0 Å². The Morgan fingerprint density at radius 1 is 1.19 bits per heavy atom. The number of nitrogens with one attached hydrogen (secondary N) is 1. The fourth-order valence-electron chi connectivity index (χ4n) is 4.71. The smallest absolute Gasteiger partial charge is 0.270 e. The minimum absolute atomic E-state index is 0.0497. The quantitative estimate of drug-likeness (QED) is 0.890. The summed E-state index contributed by atoms with van der Waals surface area (Å²) in [5, 5.41) is 3.21. The van der Waals surface area contributed by atoms with Crippen molar-refractivity contribution in [3.05, 3.63) is 23.4 Å². The Labute approximate surface area is 155 Å². The predicted octanol–water partition coefficient (Wildman–Crippen LogP) is 1.84. The third-order valence-electron chi connectivity index (χ3n) is 6.31. The molecule has 2 aliphatic heterocycles. The molecule has 1 aromatic heterocycles. The number of amides is 1. The first-order valence-electron chi connectivity index (χ1n) is 10.0. The molecule has 0 unspecified atom stereocenters. The van der Waals surface area contributed by atoms with Crippen molar-refractivity contribution >= 4 is 11.7 Å². The Balaban J connectivity index is 1.45. The average molecular weight is 358 g/mol. The molecule has 1 saturated carbocycles. The van der Waals surface area contributed by atoms with Crippen LogP contribution >= 0.6 is 0 Å². The van der Waals surface area contributed by atoms with E-state index in [1.54, 1.807) is 0 Å². The van der Waals surface area contributed by atoms with E-state index in [0.29, 0.717) is 12.2 Å². The minimum atomic E-state index is -0.0497. The van der Waals surface area contributed by atoms with Crippen LogP contribution < -0.4 is 10.2 Å². The number of aromatic nitrogens is 1. The monoisotopic (exact) mass is 358 g/mol. The lowest BCUT2D eigenvalue weighted by Gasteiger charge is -2.48. The van der Waals surface area contributed by atoms with Gasteiger partial charge in [0.1, 0.15) is 11.5 Å². The number of ether oxygens (including phenoxy) is 1. The van der Waals surface area contributed by atoms with Crippen molar-refractivity contribution < 1.29 is 9.53 Å². The van der Waals surface area contributed by atoms with Gasteiger partial charge >= 0.3 is 0 Å². The molecular formula is C20H30N4O2. The Morgan fingerprint density at radius 3 is 2.73 bits per heavy atom. The van der Waals surface area contributed by atoms with Crippen molar-refractivity contribution in [2.24, 2.45) is 0 Å². The molecule has 3 aliphatic rings. The second-order valence-corrected chi connectivity index (χ2v) is 7.92. The molecule has 3 heterocycles. The van der Waals surface area contributed by atoms with Crippen molar-refractivity contribution in [1.82, 2.24) is 15.2 Å². The molecule has 1 amide bonds. The molecule has 0 atom stereocenters. The lowest BCUT2D eigenvalue weighted by Crippen LogP contribution is -2.59. The van der Waals surface area contributed by atoms with Crippen molar-refractivity contribution in [3.63, 3.8) is 0 Å². The summed E-state index contributed by atoms with van der Waals surface area (Å²) in [5.74, 6) is 0.907. The first kappa shape index (κ1) is 17.7. The number of pyridine rings is 1. The summed E-state index contributed by atoms with van der Waals surface area (Å²) in [6, 6.07) is 3.93. The molecule has 1 N–H and O–H groups in total. The number of hydrogen-bond acceptors (Lipinski definition) is 5. The van der Waals surface area contributed by atoms with E-state index in [1.165, 1.54) is 24.8 Å². The molecular weight excluding hydrogens is 328 g/mol. The number of hydrogen-bond donors (Lipinski definition) is 1. The normalized spacial score (nSPS) is 22.9. The van der Waals surface area contributed by atoms with Crippen LogP contribution in [0.5, 0.6) is 0 Å². The van der Waals surface area contributed by atoms with Crippen molar-refractivity contribution in [2.45, 2.75) is 44.1 Å². The average Bonchev–Trinajstić information content (AvgIpc) is 3.08. The Morgan fingerprint density at radius 2 is 1.96 bits per heavy atom. The first-order valence-corrected chi connectivity index (χ1v) is 10.0. The van der Waals surface area contributed by atoms with Crippen LogP contribution in [0.1, 0.15) is 48.2 Å². The van der Waals surface area contributed by atoms with Gasteiger partial charge in [-0.2, -0.15) is 0 Å². The van der Waals surface area contributed by atoms with E-state index in [0.717, 1.165) is 57.9 Å². The van der Waals surface area contributed by atoms with Gasteiger partial charge in [0, 0.05) is 38.8 Å². The summed E-state index contributed by atoms with van der Waals surface area (Å²) >= 11 is 0. The summed E-state index contributed by atoms with van der Waals surface area (Å²) in [6.07, 6.45) is 7.13. The Hall–Kier alpha value is -1.66. The maximum atomic E-state index is 12.8. The molecule has 1 aromatic rings. The Kier molecular flexibility index (Phi) is 5.14. The number of carbonyl (C=O) groups excluding carboxylic acids is 1. The number of anilines is 1. The van der Waals surface area contributed by atoms with Gasteiger partial charge in [0.15, 0.2) is 0 Å². The number of nitrogens with zero attached hydrogens (tertiary/aromatic N) is 3. The van der Waals surface area contributed by atoms with E-state index in [9.17, 15) is 4.79 Å². The zero-order chi connectivity index (χ0) is 18.0. The highest BCUT2D eigenvalue weighted by atomic mass is 16.5. The second-order valence-electron chi connectivity index (χ2n) is 7.92. The summed E-state index contributed by atoms with van der Waals surface area (Å²) < 4.78 is 5.54. The third kappa shape index (κ3) is 3.45. The van der Waals surface area contributed by atoms with Crippen LogP contribution in [0.2, 0.25) is 0 Å². The fourth-order valence-corrected chi connectivity index (χ4v) is 4.71. The zero-order valence-corrected chi connectivity index (χ0v) is 15.8. The number of likely N-dealkylation sites (N-methyl/N-ethyl adjacent to an activating group) is 1. The minimum Gasteiger partial charge on any atom is -0.379 e. The third-order valence-corrected chi connectivity index (χ3v) is 6.31. The van der Waals surface area contributed by atoms with Crippen LogP contribution in [0.15, 0.2) is 12.1 Å². The van der Waals surface area contributed by atoms with E-state index in [-0.39, 0.29) is 11.4 Å². The highest BCUT2D eigenvalue weighted by Crippen LogP contribution is 2.34. The van der Waals surface area contributed by atoms with E-state index < -0.39 is 0 Å². The van der Waals surface area contributed by atoms with Crippen LogP contribution in [0, 0.1) is 0 Å². The van der Waals surface area contributed by atoms with E-state index >= 15 is 0 Å². The summed E-state index contributed by atoms with van der Waals surface area (Å²) in [7, 11) is 2.04. The maximum Gasteiger partial charge on any atom is 0.270 e. The predicted molar refractivity (Wildman–Crippen MR) is 102 cm³/mol. The molecule has 26 heavy (non-hydrogen) atoms. The topological polar surface area (TPSA) is 57.7 Å². The number of morpholine rings is 1. The lowest BCUT2D eigenvalue weighted by molar-refractivity contribution is -0.0361. The summed E-state index contributed by atoms with van der Waals surface area (Å²) in [5.41, 5.74) is 1.86. The molecule has 1 saturated heterocycles. The molecule has 0 bridgehead atoms. The van der Waals surface area contributed by atoms with Crippen LogP contribution in [0.3, 0.4) is 0 Å². The largest absolute Gasteiger partial charge is 0.379 e. The van der Waals surface area contributed by atoms with E-state index in [4.69, 9.17) is 4.74 Å². The summed E-state index contributed by atoms with van der Waals surface area (Å²) in [4.78, 5) is 22.1. The van der Waals surface area contributed by atoms with Gasteiger partial charge in [-0.15, -0.1) is 0 Å².